The summed E-state index contributed by atoms with van der Waals surface area (Å²) in [6.45, 7) is 16.2. The highest BCUT2D eigenvalue weighted by Gasteiger charge is 2.44. The van der Waals surface area contributed by atoms with Crippen molar-refractivity contribution < 1.29 is 4.57 Å². The summed E-state index contributed by atoms with van der Waals surface area (Å²) in [6, 6.07) is 12.0. The number of hydrogen-bond donors (Lipinski definition) is 0. The Morgan fingerprint density at radius 2 is 1.61 bits per heavy atom. The van der Waals surface area contributed by atoms with Crippen LogP contribution in [-0.4, -0.2) is 4.98 Å². The van der Waals surface area contributed by atoms with Crippen molar-refractivity contribution in [1.82, 2.24) is 4.98 Å². The third-order valence-electron chi connectivity index (χ3n) is 7.95. The van der Waals surface area contributed by atoms with Gasteiger partial charge in [0.25, 0.3) is 0 Å². The first-order valence-corrected chi connectivity index (χ1v) is 13.0. The molecule has 1 aliphatic heterocycles. The van der Waals surface area contributed by atoms with Crippen LogP contribution in [0.3, 0.4) is 0 Å². The van der Waals surface area contributed by atoms with Crippen LogP contribution in [0.25, 0.3) is 32.6 Å². The van der Waals surface area contributed by atoms with E-state index in [4.69, 9.17) is 4.98 Å². The van der Waals surface area contributed by atoms with Crippen LogP contribution in [0.4, 0.5) is 0 Å². The smallest absolute Gasteiger partial charge is 0.240 e. The number of benzene rings is 3. The number of hydrogen-bond acceptors (Lipinski definition) is 1. The number of fused-ring (bicyclic) bond motifs is 3. The zero-order valence-electron chi connectivity index (χ0n) is 21.5. The molecule has 0 fully saturated rings. The molecule has 0 N–H and O–H groups in total. The van der Waals surface area contributed by atoms with Gasteiger partial charge in [0.05, 0.1) is 5.39 Å². The second-order valence-electron chi connectivity index (χ2n) is 11.3. The second kappa shape index (κ2) is 8.08. The molecular weight excluding hydrogens is 400 g/mol. The van der Waals surface area contributed by atoms with E-state index in [1.54, 1.807) is 5.56 Å². The van der Waals surface area contributed by atoms with Gasteiger partial charge in [-0.05, 0) is 65.1 Å². The molecule has 0 aliphatic carbocycles. The summed E-state index contributed by atoms with van der Waals surface area (Å²) in [4.78, 5) is 5.21. The van der Waals surface area contributed by atoms with Gasteiger partial charge >= 0.3 is 0 Å². The predicted octanol–water partition coefficient (Wildman–Crippen LogP) is 7.61. The Morgan fingerprint density at radius 1 is 0.909 bits per heavy atom. The summed E-state index contributed by atoms with van der Waals surface area (Å²) in [5.41, 5.74) is 8.31. The minimum absolute atomic E-state index is 0.113. The third-order valence-corrected chi connectivity index (χ3v) is 7.95. The molecule has 172 valence electrons. The van der Waals surface area contributed by atoms with Crippen LogP contribution < -0.4 is 4.57 Å². The van der Waals surface area contributed by atoms with Crippen molar-refractivity contribution >= 4 is 32.6 Å². The van der Waals surface area contributed by atoms with E-state index >= 15 is 0 Å². The van der Waals surface area contributed by atoms with E-state index in [-0.39, 0.29) is 5.54 Å². The fraction of sp³-hybridized carbons (Fsp3) is 0.484. The highest BCUT2D eigenvalue weighted by molar-refractivity contribution is 6.23. The molecule has 2 heterocycles. The molecule has 0 bridgehead atoms. The zero-order valence-corrected chi connectivity index (χ0v) is 21.5. The highest BCUT2D eigenvalue weighted by Crippen LogP contribution is 2.43. The van der Waals surface area contributed by atoms with Gasteiger partial charge in [0.15, 0.2) is 11.7 Å². The quantitative estimate of drug-likeness (QED) is 0.223. The largest absolute Gasteiger partial charge is 0.240 e. The molecule has 0 saturated carbocycles. The fourth-order valence-corrected chi connectivity index (χ4v) is 6.32. The maximum Gasteiger partial charge on any atom is 0.240 e. The van der Waals surface area contributed by atoms with E-state index in [0.717, 1.165) is 37.8 Å². The minimum Gasteiger partial charge on any atom is -0.240 e. The molecule has 0 spiro atoms. The molecule has 33 heavy (non-hydrogen) atoms. The molecule has 1 aliphatic rings. The molecule has 5 rings (SSSR count). The molecule has 2 heteroatoms. The molecular formula is C31H39N2+. The van der Waals surface area contributed by atoms with Crippen LogP contribution in [0.15, 0.2) is 36.5 Å². The van der Waals surface area contributed by atoms with Gasteiger partial charge in [-0.3, -0.25) is 0 Å². The van der Waals surface area contributed by atoms with Crippen molar-refractivity contribution in [3.63, 3.8) is 0 Å². The average Bonchev–Trinajstić information content (AvgIpc) is 2.77. The van der Waals surface area contributed by atoms with Crippen LogP contribution in [0, 0.1) is 18.8 Å². The van der Waals surface area contributed by atoms with Crippen molar-refractivity contribution in [2.24, 2.45) is 11.8 Å². The third kappa shape index (κ3) is 3.45. The van der Waals surface area contributed by atoms with Crippen molar-refractivity contribution in [3.8, 4) is 0 Å². The summed E-state index contributed by atoms with van der Waals surface area (Å²) in [5.74, 6) is 1.29. The zero-order chi connectivity index (χ0) is 23.5. The molecule has 2 nitrogen and oxygen atoms in total. The van der Waals surface area contributed by atoms with Crippen molar-refractivity contribution in [1.29, 1.82) is 0 Å². The van der Waals surface area contributed by atoms with Gasteiger partial charge in [-0.2, -0.15) is 4.57 Å². The van der Waals surface area contributed by atoms with Gasteiger partial charge in [-0.1, -0.05) is 65.8 Å². The lowest BCUT2D eigenvalue weighted by Crippen LogP contribution is -2.59. The van der Waals surface area contributed by atoms with Gasteiger partial charge in [0, 0.05) is 24.6 Å². The van der Waals surface area contributed by atoms with Crippen LogP contribution in [-0.2, 0) is 24.8 Å². The molecule has 3 aromatic carbocycles. The number of aromatic nitrogens is 2. The van der Waals surface area contributed by atoms with Crippen molar-refractivity contribution in [3.05, 3.63) is 58.9 Å². The van der Waals surface area contributed by atoms with E-state index in [0.29, 0.717) is 11.8 Å². The number of aryl methyl sites for hydroxylation is 1. The molecule has 1 aromatic heterocycles. The molecule has 0 amide bonds. The first-order valence-electron chi connectivity index (χ1n) is 13.0. The Morgan fingerprint density at radius 3 is 2.27 bits per heavy atom. The monoisotopic (exact) mass is 439 g/mol. The highest BCUT2D eigenvalue weighted by atomic mass is 15.1. The van der Waals surface area contributed by atoms with Crippen LogP contribution >= 0.6 is 0 Å². The maximum absolute atomic E-state index is 5.21. The molecule has 4 aromatic rings. The van der Waals surface area contributed by atoms with E-state index in [1.165, 1.54) is 43.7 Å². The summed E-state index contributed by atoms with van der Waals surface area (Å²) >= 11 is 0. The predicted molar refractivity (Wildman–Crippen MR) is 141 cm³/mol. The molecule has 0 saturated heterocycles. The molecule has 0 atom stereocenters. The lowest BCUT2D eigenvalue weighted by atomic mass is 9.77. The fourth-order valence-electron chi connectivity index (χ4n) is 6.32. The van der Waals surface area contributed by atoms with Gasteiger partial charge in [-0.25, -0.2) is 4.98 Å². The second-order valence-corrected chi connectivity index (χ2v) is 11.3. The summed E-state index contributed by atoms with van der Waals surface area (Å²) in [7, 11) is 0. The van der Waals surface area contributed by atoms with Crippen LogP contribution in [0.2, 0.25) is 0 Å². The summed E-state index contributed by atoms with van der Waals surface area (Å²) in [5, 5.41) is 5.53. The van der Waals surface area contributed by atoms with Gasteiger partial charge in [-0.15, -0.1) is 0 Å². The van der Waals surface area contributed by atoms with Gasteiger partial charge in [0.2, 0.25) is 5.52 Å². The Kier molecular flexibility index (Phi) is 5.46. The summed E-state index contributed by atoms with van der Waals surface area (Å²) in [6.07, 6.45) is 7.96. The maximum atomic E-state index is 5.21. The first-order chi connectivity index (χ1) is 15.8. The Labute approximate surface area is 199 Å². The first kappa shape index (κ1) is 22.3. The van der Waals surface area contributed by atoms with Crippen molar-refractivity contribution in [2.75, 3.05) is 0 Å². The average molecular weight is 440 g/mol. The Balaban J connectivity index is 2.00. The standard InChI is InChI=1S/C31H39N2/c1-8-31(9-2)17-27-23(15-20(5)6)11-13-25-24-12-10-22(14-19(3)4)16-26(24)29-30(28(25)27)33(31)18-21(7)32-29/h10-13,16,18-20H,8-9,14-15,17H2,1-7H3/q+1. The Bertz CT molecular complexity index is 1370. The van der Waals surface area contributed by atoms with Crippen LogP contribution in [0.1, 0.15) is 76.8 Å². The number of nitrogens with zero attached hydrogens (tertiary/aromatic N) is 2. The van der Waals surface area contributed by atoms with Gasteiger partial charge < -0.3 is 0 Å². The summed E-state index contributed by atoms with van der Waals surface area (Å²) < 4.78 is 2.63. The van der Waals surface area contributed by atoms with Crippen LogP contribution in [0.5, 0.6) is 0 Å². The minimum atomic E-state index is 0.113. The lowest BCUT2D eigenvalue weighted by Gasteiger charge is -2.33. The van der Waals surface area contributed by atoms with E-state index < -0.39 is 0 Å². The molecule has 0 unspecified atom stereocenters. The van der Waals surface area contributed by atoms with Crippen molar-refractivity contribution in [2.45, 2.75) is 86.1 Å². The van der Waals surface area contributed by atoms with E-state index in [2.05, 4.69) is 89.6 Å². The topological polar surface area (TPSA) is 16.8 Å². The van der Waals surface area contributed by atoms with E-state index in [1.807, 2.05) is 0 Å². The van der Waals surface area contributed by atoms with Gasteiger partial charge in [0.1, 0.15) is 11.2 Å². The normalized spacial score (nSPS) is 15.1. The SMILES string of the molecule is CCC1(CC)Cc2c(CC(C)C)ccc3c4ccc(CC(C)C)cc4c4nc(C)c[n+]1c4c23. The number of rotatable bonds is 6. The van der Waals surface area contributed by atoms with E-state index in [9.17, 15) is 0 Å². The lowest BCUT2D eigenvalue weighted by molar-refractivity contribution is -0.744. The Hall–Kier alpha value is -2.48. The molecule has 0 radical (unpaired) electrons.